The molecule has 4 heteroatoms. The molecule has 0 amide bonds. The molecule has 4 nitrogen and oxygen atoms in total. The number of hydrogen-bond donors (Lipinski definition) is 1. The summed E-state index contributed by atoms with van der Waals surface area (Å²) in [6.07, 6.45) is 62.8. The van der Waals surface area contributed by atoms with E-state index in [1.165, 1.54) is 32.1 Å². The fourth-order valence-electron chi connectivity index (χ4n) is 5.11. The minimum Gasteiger partial charge on any atom is -0.457 e. The van der Waals surface area contributed by atoms with Crippen LogP contribution < -0.4 is 0 Å². The highest BCUT2D eigenvalue weighted by molar-refractivity contribution is 5.69. The van der Waals surface area contributed by atoms with Crippen LogP contribution in [0.1, 0.15) is 155 Å². The molecule has 1 N–H and O–H groups in total. The van der Waals surface area contributed by atoms with Gasteiger partial charge in [0.05, 0.1) is 13.2 Å². The van der Waals surface area contributed by atoms with Gasteiger partial charge in [-0.25, -0.2) is 0 Å². The van der Waals surface area contributed by atoms with E-state index in [0.29, 0.717) is 13.0 Å². The van der Waals surface area contributed by atoms with E-state index in [-0.39, 0.29) is 19.2 Å². The number of ether oxygens (including phenoxy) is 2. The molecule has 0 aliphatic heterocycles. The zero-order valence-corrected chi connectivity index (χ0v) is 32.8. The second-order valence-corrected chi connectivity index (χ2v) is 12.9. The van der Waals surface area contributed by atoms with Gasteiger partial charge < -0.3 is 14.6 Å². The minimum absolute atomic E-state index is 0.195. The molecular weight excluding hydrogens is 629 g/mol. The average Bonchev–Trinajstić information content (AvgIpc) is 3.14. The number of carbonyl (C=O) groups excluding carboxylic acids is 1. The highest BCUT2D eigenvalue weighted by Crippen LogP contribution is 2.10. The summed E-state index contributed by atoms with van der Waals surface area (Å²) in [6.45, 7) is 5.03. The van der Waals surface area contributed by atoms with Crippen molar-refractivity contribution in [2.45, 2.75) is 161 Å². The Hall–Kier alpha value is -2.95. The largest absolute Gasteiger partial charge is 0.457 e. The molecule has 0 radical (unpaired) electrons. The molecule has 0 fully saturated rings. The summed E-state index contributed by atoms with van der Waals surface area (Å²) in [6, 6.07) is 0. The molecule has 0 saturated heterocycles. The second kappa shape index (κ2) is 43.2. The monoisotopic (exact) mass is 705 g/mol. The summed E-state index contributed by atoms with van der Waals surface area (Å²) in [7, 11) is 0. The van der Waals surface area contributed by atoms with E-state index in [1.807, 2.05) is 0 Å². The Bertz CT molecular complexity index is 1010. The topological polar surface area (TPSA) is 55.8 Å². The van der Waals surface area contributed by atoms with Gasteiger partial charge in [-0.15, -0.1) is 0 Å². The third-order valence-corrected chi connectivity index (χ3v) is 8.09. The van der Waals surface area contributed by atoms with Gasteiger partial charge in [-0.3, -0.25) is 4.79 Å². The van der Waals surface area contributed by atoms with Gasteiger partial charge >= 0.3 is 5.97 Å². The van der Waals surface area contributed by atoms with Crippen molar-refractivity contribution in [3.8, 4) is 0 Å². The quantitative estimate of drug-likeness (QED) is 0.0401. The first-order valence-corrected chi connectivity index (χ1v) is 20.5. The molecule has 0 heterocycles. The Balaban J connectivity index is 3.58. The fraction of sp³-hybridized carbons (Fsp3) is 0.596. The zero-order valence-electron chi connectivity index (χ0n) is 32.8. The summed E-state index contributed by atoms with van der Waals surface area (Å²) in [5.74, 6) is -0.231. The Morgan fingerprint density at radius 3 is 1.24 bits per heavy atom. The lowest BCUT2D eigenvalue weighted by Crippen LogP contribution is -2.27. The maximum atomic E-state index is 12.2. The van der Waals surface area contributed by atoms with Crippen LogP contribution in [0.4, 0.5) is 0 Å². The van der Waals surface area contributed by atoms with Crippen molar-refractivity contribution >= 4 is 5.97 Å². The van der Waals surface area contributed by atoms with Crippen molar-refractivity contribution in [2.24, 2.45) is 0 Å². The van der Waals surface area contributed by atoms with Crippen LogP contribution in [0.15, 0.2) is 109 Å². The van der Waals surface area contributed by atoms with E-state index in [2.05, 4.69) is 123 Å². The summed E-state index contributed by atoms with van der Waals surface area (Å²) in [5, 5.41) is 9.59. The van der Waals surface area contributed by atoms with Crippen LogP contribution >= 0.6 is 0 Å². The summed E-state index contributed by atoms with van der Waals surface area (Å²) >= 11 is 0. The molecule has 1 atom stereocenters. The minimum atomic E-state index is -0.562. The van der Waals surface area contributed by atoms with Crippen molar-refractivity contribution in [1.82, 2.24) is 0 Å². The highest BCUT2D eigenvalue weighted by atomic mass is 16.6. The molecule has 0 bridgehead atoms. The fourth-order valence-corrected chi connectivity index (χ4v) is 5.11. The summed E-state index contributed by atoms with van der Waals surface area (Å²) < 4.78 is 11.1. The molecule has 0 aliphatic rings. The molecule has 51 heavy (non-hydrogen) atoms. The lowest BCUT2D eigenvalue weighted by molar-refractivity contribution is -0.154. The molecule has 0 aromatic carbocycles. The van der Waals surface area contributed by atoms with Gasteiger partial charge in [0.25, 0.3) is 0 Å². The normalized spacial score (nSPS) is 13.5. The van der Waals surface area contributed by atoms with Gasteiger partial charge in [-0.1, -0.05) is 162 Å². The van der Waals surface area contributed by atoms with Crippen LogP contribution in [-0.4, -0.2) is 37.0 Å². The van der Waals surface area contributed by atoms with Crippen molar-refractivity contribution in [3.63, 3.8) is 0 Å². The molecular formula is C47H76O4. The van der Waals surface area contributed by atoms with Crippen LogP contribution in [-0.2, 0) is 14.3 Å². The lowest BCUT2D eigenvalue weighted by Gasteiger charge is -2.15. The van der Waals surface area contributed by atoms with Gasteiger partial charge in [-0.2, -0.15) is 0 Å². The number of esters is 1. The van der Waals surface area contributed by atoms with E-state index in [9.17, 15) is 9.90 Å². The third-order valence-electron chi connectivity index (χ3n) is 8.09. The Kier molecular flexibility index (Phi) is 40.7. The maximum Gasteiger partial charge on any atom is 0.306 e. The number of hydrogen-bond acceptors (Lipinski definition) is 4. The van der Waals surface area contributed by atoms with Crippen LogP contribution in [0.3, 0.4) is 0 Å². The van der Waals surface area contributed by atoms with Gasteiger partial charge in [0.15, 0.2) is 0 Å². The lowest BCUT2D eigenvalue weighted by atomic mass is 10.1. The SMILES string of the molecule is CC/C=C\C/C=C\C/C=C\C/C=C\C/C=C\C/C=C\CCCCCCCOCC(CO)OC(=O)CCCCCCC/C=C\C/C=C\C/C=C\CC. The smallest absolute Gasteiger partial charge is 0.306 e. The molecule has 0 saturated carbocycles. The number of rotatable bonds is 36. The van der Waals surface area contributed by atoms with Crippen LogP contribution in [0, 0.1) is 0 Å². The summed E-state index contributed by atoms with van der Waals surface area (Å²) in [4.78, 5) is 12.2. The molecule has 288 valence electrons. The van der Waals surface area contributed by atoms with E-state index >= 15 is 0 Å². The maximum absolute atomic E-state index is 12.2. The average molecular weight is 705 g/mol. The van der Waals surface area contributed by atoms with E-state index < -0.39 is 6.10 Å². The van der Waals surface area contributed by atoms with Gasteiger partial charge in [-0.05, 0) is 96.3 Å². The number of carbonyl (C=O) groups is 1. The predicted molar refractivity (Wildman–Crippen MR) is 223 cm³/mol. The summed E-state index contributed by atoms with van der Waals surface area (Å²) in [5.41, 5.74) is 0. The van der Waals surface area contributed by atoms with Gasteiger partial charge in [0.1, 0.15) is 6.10 Å². The van der Waals surface area contributed by atoms with Crippen molar-refractivity contribution in [3.05, 3.63) is 109 Å². The van der Waals surface area contributed by atoms with Crippen molar-refractivity contribution in [1.29, 1.82) is 0 Å². The van der Waals surface area contributed by atoms with Crippen LogP contribution in [0.5, 0.6) is 0 Å². The first-order valence-electron chi connectivity index (χ1n) is 20.5. The molecule has 0 aliphatic carbocycles. The second-order valence-electron chi connectivity index (χ2n) is 12.9. The molecule has 1 unspecified atom stereocenters. The Labute approximate surface area is 315 Å². The predicted octanol–water partition coefficient (Wildman–Crippen LogP) is 13.5. The van der Waals surface area contributed by atoms with E-state index in [0.717, 1.165) is 103 Å². The van der Waals surface area contributed by atoms with Crippen molar-refractivity contribution in [2.75, 3.05) is 19.8 Å². The first kappa shape index (κ1) is 48.0. The highest BCUT2D eigenvalue weighted by Gasteiger charge is 2.13. The molecule has 0 rings (SSSR count). The van der Waals surface area contributed by atoms with Crippen LogP contribution in [0.25, 0.3) is 0 Å². The Morgan fingerprint density at radius 2 is 0.824 bits per heavy atom. The van der Waals surface area contributed by atoms with Crippen molar-refractivity contribution < 1.29 is 19.4 Å². The number of aliphatic hydroxyl groups is 1. The standard InChI is InChI=1S/C47H76O4/c1-3-5-7-9-11-13-15-17-19-20-21-22-23-24-25-26-27-29-31-33-35-37-39-41-43-50-45-46(44-48)51-47(49)42-40-38-36-34-32-30-28-18-16-14-12-10-8-6-4-2/h5-8,11-14,17-19,21-22,24-25,27-29,46,48H,3-4,9-10,15-16,20,23,26,30-45H2,1-2H3/b7-5-,8-6-,13-11-,14-12-,19-17-,22-21-,25-24-,28-18-,29-27-. The van der Waals surface area contributed by atoms with Gasteiger partial charge in [0.2, 0.25) is 0 Å². The molecule has 0 aromatic heterocycles. The third kappa shape index (κ3) is 41.4. The van der Waals surface area contributed by atoms with E-state index in [4.69, 9.17) is 9.47 Å². The van der Waals surface area contributed by atoms with Gasteiger partial charge in [0, 0.05) is 13.0 Å². The zero-order chi connectivity index (χ0) is 37.0. The van der Waals surface area contributed by atoms with Crippen LogP contribution in [0.2, 0.25) is 0 Å². The number of unbranched alkanes of at least 4 members (excludes halogenated alkanes) is 10. The first-order chi connectivity index (χ1) is 25.2. The number of aliphatic hydroxyl groups excluding tert-OH is 1. The Morgan fingerprint density at radius 1 is 0.471 bits per heavy atom. The van der Waals surface area contributed by atoms with E-state index in [1.54, 1.807) is 0 Å². The molecule has 0 spiro atoms. The molecule has 0 aromatic rings. The number of allylic oxidation sites excluding steroid dienone is 18.